The Morgan fingerprint density at radius 1 is 1.12 bits per heavy atom. The van der Waals surface area contributed by atoms with Crippen molar-refractivity contribution in [1.82, 2.24) is 15.1 Å². The third-order valence-electron chi connectivity index (χ3n) is 4.98. The second-order valence-electron chi connectivity index (χ2n) is 7.01. The van der Waals surface area contributed by atoms with Gasteiger partial charge in [0.05, 0.1) is 22.8 Å². The van der Waals surface area contributed by atoms with Crippen LogP contribution in [0.15, 0.2) is 42.5 Å². The lowest BCUT2D eigenvalue weighted by atomic mass is 10.2. The van der Waals surface area contributed by atoms with Gasteiger partial charge in [-0.3, -0.25) is 10.1 Å². The molecular formula is C21H19Cl2N5O3S. The molecular weight excluding hydrogens is 473 g/mol. The molecule has 0 radical (unpaired) electrons. The molecule has 4 rings (SSSR count). The molecule has 2 heterocycles. The molecule has 1 unspecified atom stereocenters. The molecule has 8 nitrogen and oxygen atoms in total. The van der Waals surface area contributed by atoms with Gasteiger partial charge in [-0.05, 0) is 37.1 Å². The summed E-state index contributed by atoms with van der Waals surface area (Å²) in [6, 6.07) is 11.3. The van der Waals surface area contributed by atoms with Crippen molar-refractivity contribution in [2.24, 2.45) is 0 Å². The van der Waals surface area contributed by atoms with Gasteiger partial charge in [-0.25, -0.2) is 4.79 Å². The molecule has 166 valence electrons. The average molecular weight is 492 g/mol. The van der Waals surface area contributed by atoms with Crippen LogP contribution in [0.25, 0.3) is 10.6 Å². The number of rotatable bonds is 5. The number of likely N-dealkylation sites (tertiary alicyclic amines) is 1. The summed E-state index contributed by atoms with van der Waals surface area (Å²) in [4.78, 5) is 27.2. The van der Waals surface area contributed by atoms with Crippen molar-refractivity contribution in [3.63, 3.8) is 0 Å². The number of ether oxygens (including phenoxy) is 1. The van der Waals surface area contributed by atoms with E-state index in [-0.39, 0.29) is 5.91 Å². The first kappa shape index (κ1) is 22.3. The summed E-state index contributed by atoms with van der Waals surface area (Å²) in [7, 11) is 1.59. The van der Waals surface area contributed by atoms with Gasteiger partial charge in [0.25, 0.3) is 0 Å². The Morgan fingerprint density at radius 2 is 1.88 bits per heavy atom. The van der Waals surface area contributed by atoms with Crippen LogP contribution in [-0.4, -0.2) is 46.7 Å². The van der Waals surface area contributed by atoms with E-state index in [2.05, 4.69) is 20.8 Å². The van der Waals surface area contributed by atoms with Crippen molar-refractivity contribution < 1.29 is 14.3 Å². The number of anilines is 2. The van der Waals surface area contributed by atoms with Crippen LogP contribution in [0.3, 0.4) is 0 Å². The van der Waals surface area contributed by atoms with Gasteiger partial charge in [-0.1, -0.05) is 52.7 Å². The van der Waals surface area contributed by atoms with Crippen molar-refractivity contribution >= 4 is 57.3 Å². The van der Waals surface area contributed by atoms with E-state index in [1.54, 1.807) is 25.3 Å². The average Bonchev–Trinajstić information content (AvgIpc) is 3.46. The fourth-order valence-electron chi connectivity index (χ4n) is 3.41. The Labute approximate surface area is 198 Å². The predicted octanol–water partition coefficient (Wildman–Crippen LogP) is 5.16. The second-order valence-corrected chi connectivity index (χ2v) is 8.80. The SMILES string of the molecule is COc1cccc(-c2nnc(NC(=O)C3CCCN3C(=O)Nc3c(Cl)cccc3Cl)s2)c1. The van der Waals surface area contributed by atoms with E-state index < -0.39 is 12.1 Å². The molecule has 1 fully saturated rings. The van der Waals surface area contributed by atoms with Crippen LogP contribution >= 0.6 is 34.5 Å². The van der Waals surface area contributed by atoms with Crippen molar-refractivity contribution in [1.29, 1.82) is 0 Å². The molecule has 0 bridgehead atoms. The number of nitrogens with one attached hydrogen (secondary N) is 2. The number of urea groups is 1. The highest BCUT2D eigenvalue weighted by Gasteiger charge is 2.35. The first-order valence-corrected chi connectivity index (χ1v) is 11.3. The number of amides is 3. The molecule has 3 amide bonds. The van der Waals surface area contributed by atoms with Gasteiger partial charge < -0.3 is 15.0 Å². The van der Waals surface area contributed by atoms with Gasteiger partial charge in [0, 0.05) is 12.1 Å². The largest absolute Gasteiger partial charge is 0.497 e. The van der Waals surface area contributed by atoms with Crippen molar-refractivity contribution in [3.8, 4) is 16.3 Å². The maximum absolute atomic E-state index is 12.9. The first-order valence-electron chi connectivity index (χ1n) is 9.76. The van der Waals surface area contributed by atoms with Crippen molar-refractivity contribution in [3.05, 3.63) is 52.5 Å². The zero-order valence-corrected chi connectivity index (χ0v) is 19.3. The predicted molar refractivity (Wildman–Crippen MR) is 126 cm³/mol. The molecule has 3 aromatic rings. The quantitative estimate of drug-likeness (QED) is 0.513. The number of halogens is 2. The van der Waals surface area contributed by atoms with E-state index in [1.807, 2.05) is 24.3 Å². The van der Waals surface area contributed by atoms with Crippen LogP contribution in [0.5, 0.6) is 5.75 Å². The number of aromatic nitrogens is 2. The summed E-state index contributed by atoms with van der Waals surface area (Å²) >= 11 is 13.5. The lowest BCUT2D eigenvalue weighted by molar-refractivity contribution is -0.119. The number of carbonyl (C=O) groups excluding carboxylic acids is 2. The summed E-state index contributed by atoms with van der Waals surface area (Å²) in [5.41, 5.74) is 1.15. The maximum atomic E-state index is 12.9. The fourth-order valence-corrected chi connectivity index (χ4v) is 4.65. The Kier molecular flexibility index (Phi) is 6.78. The third kappa shape index (κ3) is 4.79. The second kappa shape index (κ2) is 9.72. The minimum Gasteiger partial charge on any atom is -0.497 e. The van der Waals surface area contributed by atoms with Crippen LogP contribution in [0.4, 0.5) is 15.6 Å². The standard InChI is InChI=1S/C21H19Cl2N5O3S/c1-31-13-6-2-5-12(11-13)19-26-27-20(32-19)25-18(29)16-9-4-10-28(16)21(30)24-17-14(22)7-3-8-15(17)23/h2-3,5-8,11,16H,4,9-10H2,1H3,(H,24,30)(H,25,27,29). The monoisotopic (exact) mass is 491 g/mol. The van der Waals surface area contributed by atoms with Gasteiger partial charge in [-0.2, -0.15) is 0 Å². The maximum Gasteiger partial charge on any atom is 0.322 e. The number of nitrogens with zero attached hydrogens (tertiary/aromatic N) is 3. The van der Waals surface area contributed by atoms with Crippen LogP contribution in [-0.2, 0) is 4.79 Å². The van der Waals surface area contributed by atoms with Gasteiger partial charge in [-0.15, -0.1) is 10.2 Å². The van der Waals surface area contributed by atoms with Crippen LogP contribution in [0.1, 0.15) is 12.8 Å². The summed E-state index contributed by atoms with van der Waals surface area (Å²) in [5, 5.41) is 15.3. The van der Waals surface area contributed by atoms with Crippen LogP contribution in [0.2, 0.25) is 10.0 Å². The van der Waals surface area contributed by atoms with Gasteiger partial charge >= 0.3 is 6.03 Å². The van der Waals surface area contributed by atoms with Crippen molar-refractivity contribution in [2.45, 2.75) is 18.9 Å². The first-order chi connectivity index (χ1) is 15.5. The van der Waals surface area contributed by atoms with E-state index in [4.69, 9.17) is 27.9 Å². The van der Waals surface area contributed by atoms with Crippen LogP contribution < -0.4 is 15.4 Å². The molecule has 2 aromatic carbocycles. The van der Waals surface area contributed by atoms with E-state index >= 15 is 0 Å². The van der Waals surface area contributed by atoms with E-state index in [1.165, 1.54) is 16.2 Å². The van der Waals surface area contributed by atoms with E-state index in [0.717, 1.165) is 5.56 Å². The molecule has 1 aliphatic rings. The number of methoxy groups -OCH3 is 1. The zero-order valence-electron chi connectivity index (χ0n) is 17.0. The number of hydrogen-bond donors (Lipinski definition) is 2. The highest BCUT2D eigenvalue weighted by atomic mass is 35.5. The van der Waals surface area contributed by atoms with E-state index in [0.29, 0.717) is 51.0 Å². The molecule has 1 aromatic heterocycles. The Bertz CT molecular complexity index is 1140. The Balaban J connectivity index is 1.44. The summed E-state index contributed by atoms with van der Waals surface area (Å²) in [6.45, 7) is 0.442. The van der Waals surface area contributed by atoms with Gasteiger partial charge in [0.2, 0.25) is 11.0 Å². The lowest BCUT2D eigenvalue weighted by Crippen LogP contribution is -2.45. The number of benzene rings is 2. The van der Waals surface area contributed by atoms with Crippen molar-refractivity contribution in [2.75, 3.05) is 24.3 Å². The van der Waals surface area contributed by atoms with E-state index in [9.17, 15) is 9.59 Å². The Hall–Kier alpha value is -2.88. The Morgan fingerprint density at radius 3 is 2.62 bits per heavy atom. The van der Waals surface area contributed by atoms with Crippen LogP contribution in [0, 0.1) is 0 Å². The molecule has 0 aliphatic carbocycles. The smallest absolute Gasteiger partial charge is 0.322 e. The van der Waals surface area contributed by atoms with Gasteiger partial charge in [0.1, 0.15) is 16.8 Å². The highest BCUT2D eigenvalue weighted by molar-refractivity contribution is 7.18. The highest BCUT2D eigenvalue weighted by Crippen LogP contribution is 2.32. The van der Waals surface area contributed by atoms with Gasteiger partial charge in [0.15, 0.2) is 0 Å². The molecule has 1 saturated heterocycles. The fraction of sp³-hybridized carbons (Fsp3) is 0.238. The summed E-state index contributed by atoms with van der Waals surface area (Å²) in [5.74, 6) is 0.380. The number of hydrogen-bond acceptors (Lipinski definition) is 6. The zero-order chi connectivity index (χ0) is 22.7. The number of para-hydroxylation sites is 1. The molecule has 32 heavy (non-hydrogen) atoms. The normalized spacial score (nSPS) is 15.5. The topological polar surface area (TPSA) is 96.5 Å². The molecule has 1 aliphatic heterocycles. The molecule has 0 spiro atoms. The molecule has 1 atom stereocenters. The molecule has 0 saturated carbocycles. The minimum absolute atomic E-state index is 0.318. The minimum atomic E-state index is -0.638. The summed E-state index contributed by atoms with van der Waals surface area (Å²) in [6.07, 6.45) is 1.24. The lowest BCUT2D eigenvalue weighted by Gasteiger charge is -2.24. The third-order valence-corrected chi connectivity index (χ3v) is 6.50. The summed E-state index contributed by atoms with van der Waals surface area (Å²) < 4.78 is 5.23. The molecule has 2 N–H and O–H groups in total. The number of carbonyl (C=O) groups is 2. The molecule has 11 heteroatoms.